The molecule has 47 heavy (non-hydrogen) atoms. The van der Waals surface area contributed by atoms with Crippen LogP contribution < -0.4 is 4.90 Å². The summed E-state index contributed by atoms with van der Waals surface area (Å²) in [6.07, 6.45) is 0. The van der Waals surface area contributed by atoms with Gasteiger partial charge in [0.15, 0.2) is 0 Å². The highest BCUT2D eigenvalue weighted by molar-refractivity contribution is 7.29. The van der Waals surface area contributed by atoms with Crippen LogP contribution in [0.1, 0.15) is 0 Å². The summed E-state index contributed by atoms with van der Waals surface area (Å²) in [4.78, 5) is 2.38. The van der Waals surface area contributed by atoms with Crippen molar-refractivity contribution in [1.82, 2.24) is 0 Å². The topological polar surface area (TPSA) is 3.24 Å². The van der Waals surface area contributed by atoms with Gasteiger partial charge < -0.3 is 4.90 Å². The van der Waals surface area contributed by atoms with Crippen LogP contribution in [-0.2, 0) is 0 Å². The van der Waals surface area contributed by atoms with E-state index in [9.17, 15) is 0 Å². The molecule has 10 aromatic rings. The number of nitrogens with zero attached hydrogens (tertiary/aromatic N) is 1. The highest BCUT2D eigenvalue weighted by Gasteiger charge is 2.18. The Hall–Kier alpha value is -5.48. The Labute approximate surface area is 280 Å². The van der Waals surface area contributed by atoms with Gasteiger partial charge in [-0.2, -0.15) is 0 Å². The molecule has 0 bridgehead atoms. The minimum absolute atomic E-state index is 1.14. The predicted molar refractivity (Wildman–Crippen MR) is 207 cm³/mol. The van der Waals surface area contributed by atoms with Gasteiger partial charge in [0.2, 0.25) is 0 Å². The molecule has 0 radical (unpaired) electrons. The Morgan fingerprint density at radius 3 is 1.85 bits per heavy atom. The Morgan fingerprint density at radius 2 is 1.00 bits per heavy atom. The molecule has 0 amide bonds. The fourth-order valence-corrected chi connectivity index (χ4v) is 9.72. The molecule has 2 heterocycles. The van der Waals surface area contributed by atoms with Crippen molar-refractivity contribution in [2.75, 3.05) is 4.90 Å². The summed E-state index contributed by atoms with van der Waals surface area (Å²) in [5.41, 5.74) is 5.91. The van der Waals surface area contributed by atoms with Gasteiger partial charge in [0, 0.05) is 57.4 Å². The van der Waals surface area contributed by atoms with Crippen LogP contribution in [0.2, 0.25) is 0 Å². The number of hydrogen-bond donors (Lipinski definition) is 0. The van der Waals surface area contributed by atoms with Crippen molar-refractivity contribution < 1.29 is 0 Å². The third-order valence-electron chi connectivity index (χ3n) is 9.44. The molecule has 0 spiro atoms. The van der Waals surface area contributed by atoms with Crippen molar-refractivity contribution in [2.45, 2.75) is 0 Å². The van der Waals surface area contributed by atoms with E-state index in [1.807, 2.05) is 22.7 Å². The minimum atomic E-state index is 1.14. The smallest absolute Gasteiger partial charge is 0.0468 e. The fourth-order valence-electron chi connectivity index (χ4n) is 7.28. The molecule has 0 atom stereocenters. The molecule has 0 unspecified atom stereocenters. The van der Waals surface area contributed by atoms with Crippen LogP contribution in [0.3, 0.4) is 0 Å². The van der Waals surface area contributed by atoms with Gasteiger partial charge in [-0.3, -0.25) is 0 Å². The zero-order valence-electron chi connectivity index (χ0n) is 25.4. The molecule has 1 nitrogen and oxygen atoms in total. The van der Waals surface area contributed by atoms with Crippen molar-refractivity contribution in [3.8, 4) is 11.1 Å². The lowest BCUT2D eigenvalue weighted by Gasteiger charge is -2.26. The summed E-state index contributed by atoms with van der Waals surface area (Å²) < 4.78 is 5.38. The van der Waals surface area contributed by atoms with Crippen LogP contribution in [0.25, 0.3) is 73.0 Å². The molecule has 2 aromatic heterocycles. The molecular formula is C44H27NS2. The number of anilines is 3. The van der Waals surface area contributed by atoms with Crippen LogP contribution in [0.15, 0.2) is 164 Å². The molecule has 0 N–H and O–H groups in total. The summed E-state index contributed by atoms with van der Waals surface area (Å²) >= 11 is 3.82. The van der Waals surface area contributed by atoms with E-state index in [4.69, 9.17) is 0 Å². The van der Waals surface area contributed by atoms with Gasteiger partial charge in [0.25, 0.3) is 0 Å². The van der Waals surface area contributed by atoms with E-state index in [0.717, 1.165) is 17.1 Å². The number of hydrogen-bond acceptors (Lipinski definition) is 3. The zero-order chi connectivity index (χ0) is 30.9. The maximum atomic E-state index is 2.40. The SMILES string of the molecule is c1ccc(N(c2ccc(-c3cccc4ccccc34)cc2)c2ccc3sc4ccc5c(sc6ccc7ccccc7c65)c4c3c2)cc1. The van der Waals surface area contributed by atoms with E-state index >= 15 is 0 Å². The lowest BCUT2D eigenvalue weighted by molar-refractivity contribution is 1.29. The molecule has 0 aliphatic heterocycles. The average molecular weight is 634 g/mol. The maximum Gasteiger partial charge on any atom is 0.0468 e. The first kappa shape index (κ1) is 26.7. The summed E-state index contributed by atoms with van der Waals surface area (Å²) in [6.45, 7) is 0. The fraction of sp³-hybridized carbons (Fsp3) is 0. The lowest BCUT2D eigenvalue weighted by atomic mass is 9.98. The normalized spacial score (nSPS) is 11.8. The quantitative estimate of drug-likeness (QED) is 0.186. The molecule has 220 valence electrons. The molecule has 0 aliphatic rings. The first-order chi connectivity index (χ1) is 23.3. The van der Waals surface area contributed by atoms with Gasteiger partial charge in [0.05, 0.1) is 0 Å². The van der Waals surface area contributed by atoms with Crippen LogP contribution in [-0.4, -0.2) is 0 Å². The van der Waals surface area contributed by atoms with Gasteiger partial charge in [-0.15, -0.1) is 22.7 Å². The molecule has 0 aliphatic carbocycles. The molecular weight excluding hydrogens is 607 g/mol. The van der Waals surface area contributed by atoms with Crippen molar-refractivity contribution in [1.29, 1.82) is 0 Å². The van der Waals surface area contributed by atoms with Gasteiger partial charge in [-0.25, -0.2) is 0 Å². The molecule has 0 fully saturated rings. The third kappa shape index (κ3) is 4.21. The minimum Gasteiger partial charge on any atom is -0.310 e. The standard InChI is InChI=1S/C44H27NS2/c1-2-12-31(13-3-1)45(32-20-17-30(18-21-32)35-16-8-11-28-9-4-6-14-34(28)35)33-22-25-39-38(27-33)43-41(46-39)26-23-37-42-36-15-7-5-10-29(36)19-24-40(42)47-44(37)43/h1-27H. The molecule has 10 rings (SSSR count). The highest BCUT2D eigenvalue weighted by atomic mass is 32.1. The maximum absolute atomic E-state index is 2.40. The summed E-state index contributed by atoms with van der Waals surface area (Å²) in [5.74, 6) is 0. The Bertz CT molecular complexity index is 2780. The molecule has 0 saturated heterocycles. The number of fused-ring (bicyclic) bond motifs is 10. The lowest BCUT2D eigenvalue weighted by Crippen LogP contribution is -2.09. The number of rotatable bonds is 4. The second-order valence-corrected chi connectivity index (χ2v) is 14.2. The Kier molecular flexibility index (Phi) is 5.98. The van der Waals surface area contributed by atoms with Crippen molar-refractivity contribution in [2.24, 2.45) is 0 Å². The average Bonchev–Trinajstić information content (AvgIpc) is 3.71. The number of benzene rings is 8. The van der Waals surface area contributed by atoms with Gasteiger partial charge in [-0.1, -0.05) is 109 Å². The molecule has 3 heteroatoms. The first-order valence-corrected chi connectivity index (χ1v) is 17.6. The van der Waals surface area contributed by atoms with E-state index in [2.05, 4.69) is 169 Å². The van der Waals surface area contributed by atoms with E-state index in [1.54, 1.807) is 0 Å². The van der Waals surface area contributed by atoms with E-state index in [1.165, 1.54) is 73.0 Å². The van der Waals surface area contributed by atoms with Crippen LogP contribution >= 0.6 is 22.7 Å². The first-order valence-electron chi connectivity index (χ1n) is 15.9. The van der Waals surface area contributed by atoms with Crippen LogP contribution in [0, 0.1) is 0 Å². The van der Waals surface area contributed by atoms with Gasteiger partial charge in [0.1, 0.15) is 0 Å². The second kappa shape index (κ2) is 10.5. The second-order valence-electron chi connectivity index (χ2n) is 12.1. The summed E-state index contributed by atoms with van der Waals surface area (Å²) in [7, 11) is 0. The Balaban J connectivity index is 1.16. The van der Waals surface area contributed by atoms with E-state index in [-0.39, 0.29) is 0 Å². The van der Waals surface area contributed by atoms with Crippen LogP contribution in [0.4, 0.5) is 17.1 Å². The van der Waals surface area contributed by atoms with E-state index < -0.39 is 0 Å². The largest absolute Gasteiger partial charge is 0.310 e. The number of para-hydroxylation sites is 1. The zero-order valence-corrected chi connectivity index (χ0v) is 27.0. The third-order valence-corrected chi connectivity index (χ3v) is 11.8. The molecule has 8 aromatic carbocycles. The van der Waals surface area contributed by atoms with Gasteiger partial charge in [-0.05, 0) is 87.3 Å². The molecule has 0 saturated carbocycles. The predicted octanol–water partition coefficient (Wildman–Crippen LogP) is 13.9. The van der Waals surface area contributed by atoms with Crippen LogP contribution in [0.5, 0.6) is 0 Å². The van der Waals surface area contributed by atoms with E-state index in [0.29, 0.717) is 0 Å². The van der Waals surface area contributed by atoms with Gasteiger partial charge >= 0.3 is 0 Å². The number of thiophene rings is 2. The summed E-state index contributed by atoms with van der Waals surface area (Å²) in [6, 6.07) is 59.9. The monoisotopic (exact) mass is 633 g/mol. The van der Waals surface area contributed by atoms with Crippen molar-refractivity contribution in [3.63, 3.8) is 0 Å². The van der Waals surface area contributed by atoms with Crippen molar-refractivity contribution >= 4 is 102 Å². The van der Waals surface area contributed by atoms with Crippen molar-refractivity contribution in [3.05, 3.63) is 164 Å². The summed E-state index contributed by atoms with van der Waals surface area (Å²) in [5, 5.41) is 10.6. The highest BCUT2D eigenvalue weighted by Crippen LogP contribution is 2.47. The Morgan fingerprint density at radius 1 is 0.362 bits per heavy atom.